The van der Waals surface area contributed by atoms with Crippen LogP contribution < -0.4 is 65.5 Å². The number of nitrogens with one attached hydrogen (secondary N) is 8. The van der Waals surface area contributed by atoms with Gasteiger partial charge in [-0.2, -0.15) is 0 Å². The van der Waals surface area contributed by atoms with E-state index in [0.717, 1.165) is 0 Å². The van der Waals surface area contributed by atoms with Gasteiger partial charge in [0.1, 0.15) is 48.3 Å². The van der Waals surface area contributed by atoms with Gasteiger partial charge in [0.25, 0.3) is 0 Å². The van der Waals surface area contributed by atoms with Crippen molar-refractivity contribution in [3.8, 4) is 0 Å². The second-order valence-electron chi connectivity index (χ2n) is 20.4. The number of hydrogen-bond donors (Lipinski definition) is 15. The maximum Gasteiger partial charge on any atom is 0.326 e. The van der Waals surface area contributed by atoms with E-state index in [4.69, 9.17) is 22.9 Å². The van der Waals surface area contributed by atoms with Crippen molar-refractivity contribution in [2.75, 3.05) is 19.6 Å². The Hall–Kier alpha value is -7.17. The van der Waals surface area contributed by atoms with Gasteiger partial charge < -0.3 is 85.7 Å². The minimum Gasteiger partial charge on any atom is -0.481 e. The molecule has 0 aromatic heterocycles. The first-order chi connectivity index (χ1) is 35.8. The van der Waals surface area contributed by atoms with E-state index >= 15 is 0 Å². The quantitative estimate of drug-likeness (QED) is 0.0162. The van der Waals surface area contributed by atoms with E-state index < -0.39 is 164 Å². The van der Waals surface area contributed by atoms with E-state index in [1.807, 2.05) is 13.8 Å². The molecule has 1 saturated heterocycles. The number of rotatable bonds is 35. The van der Waals surface area contributed by atoms with Crippen LogP contribution in [0.3, 0.4) is 0 Å². The summed E-state index contributed by atoms with van der Waals surface area (Å²) in [5.74, 6) is -11.9. The molecule has 19 N–H and O–H groups in total. The minimum atomic E-state index is -1.68. The second kappa shape index (κ2) is 33.8. The normalized spacial score (nSPS) is 16.7. The second-order valence-corrected chi connectivity index (χ2v) is 20.4. The number of hydrogen-bond acceptors (Lipinski definition) is 15. The van der Waals surface area contributed by atoms with E-state index in [0.29, 0.717) is 6.42 Å². The highest BCUT2D eigenvalue weighted by molar-refractivity contribution is 5.98. The van der Waals surface area contributed by atoms with Gasteiger partial charge in [-0.05, 0) is 89.4 Å². The van der Waals surface area contributed by atoms with Crippen molar-refractivity contribution in [1.82, 2.24) is 47.4 Å². The van der Waals surface area contributed by atoms with Crippen LogP contribution in [-0.4, -0.2) is 177 Å². The summed E-state index contributed by atoms with van der Waals surface area (Å²) in [7, 11) is 0. The molecule has 0 aromatic rings. The Balaban J connectivity index is 3.17. The molecule has 10 atom stereocenters. The molecule has 0 bridgehead atoms. The van der Waals surface area contributed by atoms with Crippen LogP contribution in [0.5, 0.6) is 0 Å². The van der Waals surface area contributed by atoms with Crippen LogP contribution >= 0.6 is 0 Å². The average Bonchev–Trinajstić information content (AvgIpc) is 3.82. The van der Waals surface area contributed by atoms with Crippen molar-refractivity contribution < 1.29 is 72.9 Å². The number of carbonyl (C=O) groups is 12. The number of guanidine groups is 1. The Bertz CT molecular complexity index is 2100. The first-order valence-electron chi connectivity index (χ1n) is 25.8. The first kappa shape index (κ1) is 67.8. The SMILES string of the molecule is CC(C)C[C@H](NC(=O)[C@H](CCC(N)=O)NC(=O)[C@H](CCC(=O)O)NC(=O)[C@@H](NC(=O)[C@@H](N)CC(C)C)[C@@H](C)O)C(=O)N[C@@H](C)C(=O)NCC(=O)N1CCC[C@H]1C(=O)N[C@@H](CC(C)C)C(=O)N[C@@H](CCCN=C(N)N)C(=O)O. The number of aliphatic hydroxyl groups excluding tert-OH is 1. The van der Waals surface area contributed by atoms with E-state index in [2.05, 4.69) is 47.5 Å². The van der Waals surface area contributed by atoms with Gasteiger partial charge in [0, 0.05) is 25.9 Å². The fourth-order valence-electron chi connectivity index (χ4n) is 8.02. The lowest BCUT2D eigenvalue weighted by Crippen LogP contribution is -2.61. The summed E-state index contributed by atoms with van der Waals surface area (Å²) >= 11 is 0. The van der Waals surface area contributed by atoms with Gasteiger partial charge >= 0.3 is 11.9 Å². The molecule has 1 rings (SSSR count). The third-order valence-electron chi connectivity index (χ3n) is 12.0. The molecule has 77 heavy (non-hydrogen) atoms. The largest absolute Gasteiger partial charge is 0.481 e. The third kappa shape index (κ3) is 26.0. The van der Waals surface area contributed by atoms with Crippen LogP contribution in [0.1, 0.15) is 126 Å². The van der Waals surface area contributed by atoms with E-state index in [1.165, 1.54) is 18.7 Å². The van der Waals surface area contributed by atoms with Gasteiger partial charge in [-0.15, -0.1) is 0 Å². The minimum absolute atomic E-state index is 0.000506. The zero-order chi connectivity index (χ0) is 58.9. The van der Waals surface area contributed by atoms with Gasteiger partial charge in [-0.25, -0.2) is 4.79 Å². The highest BCUT2D eigenvalue weighted by Gasteiger charge is 2.38. The molecule has 1 heterocycles. The molecule has 0 radical (unpaired) electrons. The number of amides is 10. The molecule has 0 spiro atoms. The number of nitrogens with two attached hydrogens (primary N) is 4. The number of carboxylic acid groups (broad SMARTS) is 2. The Morgan fingerprint density at radius 3 is 1.58 bits per heavy atom. The third-order valence-corrected chi connectivity index (χ3v) is 12.0. The summed E-state index contributed by atoms with van der Waals surface area (Å²) in [6.07, 6.45) is -2.42. The van der Waals surface area contributed by atoms with Gasteiger partial charge in [0.15, 0.2) is 5.96 Å². The molecule has 0 aromatic carbocycles. The van der Waals surface area contributed by atoms with Gasteiger partial charge in [-0.1, -0.05) is 41.5 Å². The number of nitrogens with zero attached hydrogens (tertiary/aromatic N) is 2. The Labute approximate surface area is 448 Å². The zero-order valence-corrected chi connectivity index (χ0v) is 45.3. The molecule has 0 unspecified atom stereocenters. The summed E-state index contributed by atoms with van der Waals surface area (Å²) < 4.78 is 0. The van der Waals surface area contributed by atoms with Crippen LogP contribution in [0.2, 0.25) is 0 Å². The Morgan fingerprint density at radius 2 is 1.08 bits per heavy atom. The number of aliphatic imine (C=N–C) groups is 1. The summed E-state index contributed by atoms with van der Waals surface area (Å²) in [5, 5.41) is 49.1. The van der Waals surface area contributed by atoms with Crippen molar-refractivity contribution in [2.24, 2.45) is 45.7 Å². The highest BCUT2D eigenvalue weighted by atomic mass is 16.4. The fourth-order valence-corrected chi connectivity index (χ4v) is 8.02. The van der Waals surface area contributed by atoms with Crippen LogP contribution in [0, 0.1) is 17.8 Å². The van der Waals surface area contributed by atoms with E-state index in [1.54, 1.807) is 27.7 Å². The standard InChI is InChI=1S/C48H84N14O15/c1-23(2)19-28(49)40(69)61-38(27(8)63)46(75)57-30(14-16-37(66)67)41(70)56-29(13-15-35(50)64)42(71)59-32(20-24(3)4)43(72)55-26(7)39(68)54-22-36(65)62-18-10-12-34(62)45(74)60-33(21-25(5)6)44(73)58-31(47(76)77)11-9-17-53-48(51)52/h23-34,38,63H,9-22,49H2,1-8H3,(H2,50,64)(H,54,68)(H,55,72)(H,56,70)(H,57,75)(H,58,73)(H,59,71)(H,60,74)(H,61,69)(H,66,67)(H,76,77)(H4,51,52,53)/t26-,27+,28-,29-,30-,31-,32-,33-,34-,38-/m0/s1. The summed E-state index contributed by atoms with van der Waals surface area (Å²) in [5.41, 5.74) is 21.9. The lowest BCUT2D eigenvalue weighted by Gasteiger charge is -2.28. The van der Waals surface area contributed by atoms with Gasteiger partial charge in [0.2, 0.25) is 59.1 Å². The highest BCUT2D eigenvalue weighted by Crippen LogP contribution is 2.19. The van der Waals surface area contributed by atoms with Crippen LogP contribution in [0.25, 0.3) is 0 Å². The predicted molar refractivity (Wildman–Crippen MR) is 278 cm³/mol. The summed E-state index contributed by atoms with van der Waals surface area (Å²) in [6.45, 7) is 12.8. The fraction of sp³-hybridized carbons (Fsp3) is 0.729. The number of primary amides is 1. The van der Waals surface area contributed by atoms with Crippen molar-refractivity contribution in [2.45, 2.75) is 186 Å². The van der Waals surface area contributed by atoms with E-state index in [9.17, 15) is 72.9 Å². The Morgan fingerprint density at radius 1 is 0.584 bits per heavy atom. The van der Waals surface area contributed by atoms with Crippen molar-refractivity contribution in [1.29, 1.82) is 0 Å². The molecule has 1 aliphatic rings. The number of carboxylic acids is 2. The lowest BCUT2D eigenvalue weighted by molar-refractivity contribution is -0.143. The van der Waals surface area contributed by atoms with Gasteiger partial charge in [0.05, 0.1) is 18.7 Å². The van der Waals surface area contributed by atoms with Crippen LogP contribution in [0.4, 0.5) is 0 Å². The van der Waals surface area contributed by atoms with Crippen molar-refractivity contribution in [3.63, 3.8) is 0 Å². The summed E-state index contributed by atoms with van der Waals surface area (Å²) in [6, 6.07) is -12.2. The molecule has 29 nitrogen and oxygen atoms in total. The van der Waals surface area contributed by atoms with Crippen LogP contribution in [0.15, 0.2) is 4.99 Å². The molecule has 1 aliphatic heterocycles. The summed E-state index contributed by atoms with van der Waals surface area (Å²) in [4.78, 5) is 162. The molecular formula is C48H84N14O15. The van der Waals surface area contributed by atoms with Crippen molar-refractivity contribution >= 4 is 77.0 Å². The Kier molecular flexibility index (Phi) is 29.8. The average molecular weight is 1100 g/mol. The smallest absolute Gasteiger partial charge is 0.326 e. The van der Waals surface area contributed by atoms with Gasteiger partial charge in [-0.3, -0.25) is 57.7 Å². The number of aliphatic hydroxyl groups is 1. The molecule has 10 amide bonds. The predicted octanol–water partition coefficient (Wildman–Crippen LogP) is -4.38. The molecule has 1 fully saturated rings. The number of aliphatic carboxylic acids is 2. The molecule has 0 aliphatic carbocycles. The van der Waals surface area contributed by atoms with E-state index in [-0.39, 0.29) is 75.3 Å². The number of likely N-dealkylation sites (tertiary alicyclic amines) is 1. The van der Waals surface area contributed by atoms with Crippen LogP contribution in [-0.2, 0) is 57.5 Å². The number of carbonyl (C=O) groups excluding carboxylic acids is 10. The lowest BCUT2D eigenvalue weighted by atomic mass is 10.0. The van der Waals surface area contributed by atoms with Crippen molar-refractivity contribution in [3.05, 3.63) is 0 Å². The topological polar surface area (TPSA) is 481 Å². The molecule has 0 saturated carbocycles. The maximum atomic E-state index is 13.9. The molecule has 436 valence electrons. The molecule has 29 heteroatoms. The monoisotopic (exact) mass is 1100 g/mol. The molecular weight excluding hydrogens is 1010 g/mol. The maximum absolute atomic E-state index is 13.9. The first-order valence-corrected chi connectivity index (χ1v) is 25.8. The zero-order valence-electron chi connectivity index (χ0n) is 45.3.